The number of carbonyl (C=O) groups is 2. The van der Waals surface area contributed by atoms with E-state index in [1.807, 2.05) is 19.3 Å². The minimum atomic E-state index is -0.593. The fourth-order valence-corrected chi connectivity index (χ4v) is 6.80. The van der Waals surface area contributed by atoms with Gasteiger partial charge in [-0.1, -0.05) is 26.8 Å². The van der Waals surface area contributed by atoms with E-state index in [9.17, 15) is 9.59 Å². The highest BCUT2D eigenvalue weighted by Gasteiger charge is 2.67. The van der Waals surface area contributed by atoms with Gasteiger partial charge in [-0.05, 0) is 50.2 Å². The van der Waals surface area contributed by atoms with Crippen LogP contribution in [0.15, 0.2) is 12.7 Å². The van der Waals surface area contributed by atoms with Gasteiger partial charge in [0.1, 0.15) is 11.6 Å². The number of ether oxygens (including phenoxy) is 1. The van der Waals surface area contributed by atoms with Gasteiger partial charge in [0.15, 0.2) is 0 Å². The summed E-state index contributed by atoms with van der Waals surface area (Å²) < 4.78 is 6.37. The zero-order valence-electron chi connectivity index (χ0n) is 17.0. The van der Waals surface area contributed by atoms with E-state index in [0.29, 0.717) is 30.5 Å². The number of rotatable bonds is 4. The normalized spacial score (nSPS) is 48.7. The molecule has 3 aliphatic carbocycles. The summed E-state index contributed by atoms with van der Waals surface area (Å²) in [6, 6.07) is 0. The Labute approximate surface area is 162 Å². The second-order valence-electron chi connectivity index (χ2n) is 9.41. The molecule has 146 valence electrons. The molecule has 0 aromatic rings. The second kappa shape index (κ2) is 6.77. The molecule has 0 aliphatic heterocycles. The first kappa shape index (κ1) is 20.1. The van der Waals surface area contributed by atoms with Crippen molar-refractivity contribution in [3.8, 4) is 0 Å². The van der Waals surface area contributed by atoms with Crippen LogP contribution in [-0.4, -0.2) is 29.9 Å². The lowest BCUT2D eigenvalue weighted by Gasteiger charge is -2.60. The lowest BCUT2D eigenvalue weighted by Crippen LogP contribution is -2.62. The van der Waals surface area contributed by atoms with Crippen LogP contribution >= 0.6 is 11.8 Å². The van der Waals surface area contributed by atoms with E-state index in [1.165, 1.54) is 0 Å². The molecule has 0 saturated heterocycles. The number of carbonyl (C=O) groups excluding carboxylic acids is 2. The van der Waals surface area contributed by atoms with Crippen LogP contribution in [0, 0.1) is 34.0 Å². The van der Waals surface area contributed by atoms with Crippen LogP contribution in [-0.2, 0) is 14.3 Å². The van der Waals surface area contributed by atoms with Crippen LogP contribution in [0.4, 0.5) is 0 Å². The van der Waals surface area contributed by atoms with E-state index in [4.69, 9.17) is 4.74 Å². The first-order valence-electron chi connectivity index (χ1n) is 9.98. The zero-order valence-corrected chi connectivity index (χ0v) is 17.8. The van der Waals surface area contributed by atoms with E-state index < -0.39 is 5.41 Å². The van der Waals surface area contributed by atoms with Gasteiger partial charge in [-0.3, -0.25) is 9.59 Å². The van der Waals surface area contributed by atoms with Crippen LogP contribution in [0.5, 0.6) is 0 Å². The summed E-state index contributed by atoms with van der Waals surface area (Å²) in [5.41, 5.74) is -1.01. The van der Waals surface area contributed by atoms with E-state index in [1.54, 1.807) is 11.8 Å². The average Bonchev–Trinajstić information content (AvgIpc) is 2.98. The quantitative estimate of drug-likeness (QED) is 0.516. The molecular weight excluding hydrogens is 344 g/mol. The Bertz CT molecular complexity index is 617. The van der Waals surface area contributed by atoms with Gasteiger partial charge >= 0.3 is 0 Å². The van der Waals surface area contributed by atoms with Crippen LogP contribution in [0.1, 0.15) is 59.8 Å². The van der Waals surface area contributed by atoms with Gasteiger partial charge < -0.3 is 4.74 Å². The van der Waals surface area contributed by atoms with Crippen molar-refractivity contribution >= 4 is 23.3 Å². The molecule has 26 heavy (non-hydrogen) atoms. The summed E-state index contributed by atoms with van der Waals surface area (Å²) in [6.07, 6.45) is 7.91. The highest BCUT2D eigenvalue weighted by Crippen LogP contribution is 2.67. The van der Waals surface area contributed by atoms with Gasteiger partial charge in [0.05, 0.1) is 12.0 Å². The van der Waals surface area contributed by atoms with Crippen LogP contribution in [0.3, 0.4) is 0 Å². The molecule has 3 nitrogen and oxygen atoms in total. The molecule has 2 bridgehead atoms. The molecule has 0 aromatic carbocycles. The predicted molar refractivity (Wildman–Crippen MR) is 107 cm³/mol. The Morgan fingerprint density at radius 3 is 2.58 bits per heavy atom. The molecule has 0 N–H and O–H groups in total. The van der Waals surface area contributed by atoms with Crippen molar-refractivity contribution in [1.29, 1.82) is 0 Å². The SMILES string of the molecule is C=C[C@]1(C)C[C@@H](OCSC)[C@@]2(C)[C@H](C)CC[C@@]3(CCC(=O)[C@H]32)[C@@H](C)C1=O. The molecule has 0 radical (unpaired) electrons. The number of Topliss-reactive ketones (excluding diaryl/α,β-unsaturated/α-hetero) is 2. The fourth-order valence-electron chi connectivity index (χ4n) is 6.50. The summed E-state index contributed by atoms with van der Waals surface area (Å²) in [5.74, 6) is 1.45. The standard InChI is InChI=1S/C22H34O3S/c1-7-20(4)12-17(25-13-26-6)21(5)14(2)8-10-22(15(3)19(20)24)11-9-16(23)18(21)22/h7,14-15,17-18H,1,8-13H2,2-6H3/t14-,15+,17-,18+,20-,21-,22-/m1/s1. The van der Waals surface area contributed by atoms with Crippen LogP contribution < -0.4 is 0 Å². The van der Waals surface area contributed by atoms with Crippen molar-refractivity contribution in [1.82, 2.24) is 0 Å². The summed E-state index contributed by atoms with van der Waals surface area (Å²) in [5, 5.41) is 0. The Kier molecular flexibility index (Phi) is 5.24. The molecule has 0 amide bonds. The number of hydrogen-bond donors (Lipinski definition) is 0. The van der Waals surface area contributed by atoms with Crippen molar-refractivity contribution in [3.63, 3.8) is 0 Å². The Morgan fingerprint density at radius 2 is 1.96 bits per heavy atom. The van der Waals surface area contributed by atoms with Gasteiger partial charge in [-0.25, -0.2) is 0 Å². The van der Waals surface area contributed by atoms with Gasteiger partial charge in [-0.2, -0.15) is 0 Å². The monoisotopic (exact) mass is 378 g/mol. The number of thioether (sulfide) groups is 1. The molecule has 3 fully saturated rings. The Morgan fingerprint density at radius 1 is 1.27 bits per heavy atom. The first-order chi connectivity index (χ1) is 12.2. The maximum Gasteiger partial charge on any atom is 0.145 e. The summed E-state index contributed by atoms with van der Waals surface area (Å²) in [6.45, 7) is 12.7. The average molecular weight is 379 g/mol. The lowest BCUT2D eigenvalue weighted by atomic mass is 9.44. The number of allylic oxidation sites excluding steroid dienone is 1. The first-order valence-corrected chi connectivity index (χ1v) is 11.4. The van der Waals surface area contributed by atoms with Crippen molar-refractivity contribution in [2.24, 2.45) is 34.0 Å². The molecule has 0 unspecified atom stereocenters. The van der Waals surface area contributed by atoms with E-state index in [0.717, 1.165) is 19.3 Å². The highest BCUT2D eigenvalue weighted by molar-refractivity contribution is 7.98. The second-order valence-corrected chi connectivity index (χ2v) is 10.2. The maximum atomic E-state index is 13.6. The molecule has 0 heterocycles. The molecule has 7 atom stereocenters. The summed E-state index contributed by atoms with van der Waals surface area (Å²) in [7, 11) is 0. The molecule has 3 aliphatic rings. The predicted octanol–water partition coefficient (Wildman–Crippen LogP) is 4.90. The van der Waals surface area contributed by atoms with E-state index in [-0.39, 0.29) is 34.6 Å². The maximum absolute atomic E-state index is 13.6. The van der Waals surface area contributed by atoms with Crippen molar-refractivity contribution in [2.75, 3.05) is 12.2 Å². The van der Waals surface area contributed by atoms with E-state index >= 15 is 0 Å². The molecular formula is C22H34O3S. The highest BCUT2D eigenvalue weighted by atomic mass is 32.2. The minimum absolute atomic E-state index is 0.0566. The smallest absolute Gasteiger partial charge is 0.145 e. The van der Waals surface area contributed by atoms with Crippen LogP contribution in [0.2, 0.25) is 0 Å². The molecule has 4 heteroatoms. The topological polar surface area (TPSA) is 43.4 Å². The number of ketones is 2. The largest absolute Gasteiger partial charge is 0.367 e. The van der Waals surface area contributed by atoms with Gasteiger partial charge in [-0.15, -0.1) is 18.3 Å². The number of hydrogen-bond acceptors (Lipinski definition) is 4. The summed E-state index contributed by atoms with van der Waals surface area (Å²) in [4.78, 5) is 26.7. The van der Waals surface area contributed by atoms with Gasteiger partial charge in [0, 0.05) is 29.1 Å². The van der Waals surface area contributed by atoms with Crippen molar-refractivity contribution < 1.29 is 14.3 Å². The van der Waals surface area contributed by atoms with E-state index in [2.05, 4.69) is 27.4 Å². The minimum Gasteiger partial charge on any atom is -0.367 e. The zero-order chi connectivity index (χ0) is 19.3. The van der Waals surface area contributed by atoms with Gasteiger partial charge in [0.25, 0.3) is 0 Å². The molecule has 3 saturated carbocycles. The van der Waals surface area contributed by atoms with Gasteiger partial charge in [0.2, 0.25) is 0 Å². The van der Waals surface area contributed by atoms with Crippen molar-refractivity contribution in [2.45, 2.75) is 65.9 Å². The summed E-state index contributed by atoms with van der Waals surface area (Å²) >= 11 is 1.65. The molecule has 0 aromatic heterocycles. The Balaban J connectivity index is 2.20. The lowest BCUT2D eigenvalue weighted by molar-refractivity contribution is -0.182. The third-order valence-electron chi connectivity index (χ3n) is 8.42. The Hall–Kier alpha value is -0.610. The van der Waals surface area contributed by atoms with Crippen LogP contribution in [0.25, 0.3) is 0 Å². The molecule has 3 rings (SSSR count). The fraction of sp³-hybridized carbons (Fsp3) is 0.818. The third-order valence-corrected chi connectivity index (χ3v) is 8.79. The van der Waals surface area contributed by atoms with Crippen molar-refractivity contribution in [3.05, 3.63) is 12.7 Å². The molecule has 0 spiro atoms. The third kappa shape index (κ3) is 2.58.